The largest absolute Gasteiger partial charge is 0.497 e. The Morgan fingerprint density at radius 3 is 2.73 bits per heavy atom. The molecule has 0 saturated heterocycles. The lowest BCUT2D eigenvalue weighted by molar-refractivity contribution is -0.121. The number of amides is 1. The SMILES string of the molecule is COc1ccc(-c2nc(CC(=O)N[C@H](C)c3cccc(F)c3)cs2)cc1. The standard InChI is InChI=1S/C20H19FN2O2S/c1-13(15-4-3-5-16(21)10-15)22-19(24)11-17-12-26-20(23-17)14-6-8-18(25-2)9-7-14/h3-10,12-13H,11H2,1-2H3,(H,22,24)/t13-/m1/s1. The van der Waals surface area contributed by atoms with Gasteiger partial charge in [-0.05, 0) is 48.9 Å². The van der Waals surface area contributed by atoms with Gasteiger partial charge in [0, 0.05) is 10.9 Å². The van der Waals surface area contributed by atoms with Crippen LogP contribution >= 0.6 is 11.3 Å². The predicted octanol–water partition coefficient (Wildman–Crippen LogP) is 4.38. The molecule has 1 amide bonds. The molecule has 3 aromatic rings. The number of nitrogens with one attached hydrogen (secondary N) is 1. The summed E-state index contributed by atoms with van der Waals surface area (Å²) in [5, 5.41) is 5.61. The Morgan fingerprint density at radius 2 is 2.04 bits per heavy atom. The molecule has 0 unspecified atom stereocenters. The van der Waals surface area contributed by atoms with Gasteiger partial charge in [-0.25, -0.2) is 9.37 Å². The predicted molar refractivity (Wildman–Crippen MR) is 101 cm³/mol. The van der Waals surface area contributed by atoms with Crippen LogP contribution in [-0.4, -0.2) is 18.0 Å². The number of hydrogen-bond donors (Lipinski definition) is 1. The summed E-state index contributed by atoms with van der Waals surface area (Å²) in [6.07, 6.45) is 0.187. The number of methoxy groups -OCH3 is 1. The summed E-state index contributed by atoms with van der Waals surface area (Å²) in [6.45, 7) is 1.83. The molecule has 6 heteroatoms. The summed E-state index contributed by atoms with van der Waals surface area (Å²) in [4.78, 5) is 16.8. The van der Waals surface area contributed by atoms with Gasteiger partial charge in [-0.3, -0.25) is 4.79 Å². The molecule has 0 saturated carbocycles. The molecule has 0 bridgehead atoms. The van der Waals surface area contributed by atoms with E-state index >= 15 is 0 Å². The second-order valence-corrected chi connectivity index (χ2v) is 6.75. The third-order valence-corrected chi connectivity index (χ3v) is 4.90. The summed E-state index contributed by atoms with van der Waals surface area (Å²) in [6, 6.07) is 13.6. The summed E-state index contributed by atoms with van der Waals surface area (Å²) < 4.78 is 18.4. The highest BCUT2D eigenvalue weighted by atomic mass is 32.1. The molecule has 0 aliphatic carbocycles. The lowest BCUT2D eigenvalue weighted by Gasteiger charge is -2.14. The number of aromatic nitrogens is 1. The number of carbonyl (C=O) groups excluding carboxylic acids is 1. The normalized spacial score (nSPS) is 11.8. The van der Waals surface area contributed by atoms with Gasteiger partial charge in [0.2, 0.25) is 5.91 Å². The zero-order chi connectivity index (χ0) is 18.5. The number of carbonyl (C=O) groups is 1. The van der Waals surface area contributed by atoms with Crippen LogP contribution in [0.25, 0.3) is 10.6 Å². The van der Waals surface area contributed by atoms with Crippen molar-refractivity contribution in [1.29, 1.82) is 0 Å². The van der Waals surface area contributed by atoms with Crippen molar-refractivity contribution < 1.29 is 13.9 Å². The quantitative estimate of drug-likeness (QED) is 0.701. The average molecular weight is 370 g/mol. The van der Waals surface area contributed by atoms with Crippen LogP contribution in [0, 0.1) is 5.82 Å². The van der Waals surface area contributed by atoms with E-state index in [0.29, 0.717) is 5.69 Å². The van der Waals surface area contributed by atoms with Crippen LogP contribution < -0.4 is 10.1 Å². The Morgan fingerprint density at radius 1 is 1.27 bits per heavy atom. The van der Waals surface area contributed by atoms with E-state index in [4.69, 9.17) is 4.74 Å². The molecule has 0 fully saturated rings. The van der Waals surface area contributed by atoms with Crippen molar-refractivity contribution in [3.63, 3.8) is 0 Å². The third kappa shape index (κ3) is 4.46. The van der Waals surface area contributed by atoms with Gasteiger partial charge in [-0.15, -0.1) is 11.3 Å². The minimum absolute atomic E-state index is 0.145. The molecule has 1 N–H and O–H groups in total. The lowest BCUT2D eigenvalue weighted by atomic mass is 10.1. The average Bonchev–Trinajstić information content (AvgIpc) is 3.10. The minimum Gasteiger partial charge on any atom is -0.497 e. The second-order valence-electron chi connectivity index (χ2n) is 5.89. The van der Waals surface area contributed by atoms with Gasteiger partial charge in [-0.2, -0.15) is 0 Å². The van der Waals surface area contributed by atoms with Crippen LogP contribution in [0.4, 0.5) is 4.39 Å². The third-order valence-electron chi connectivity index (χ3n) is 3.96. The van der Waals surface area contributed by atoms with Gasteiger partial charge >= 0.3 is 0 Å². The van der Waals surface area contributed by atoms with Gasteiger partial charge in [0.25, 0.3) is 0 Å². The Bertz CT molecular complexity index is 893. The highest BCUT2D eigenvalue weighted by molar-refractivity contribution is 7.13. The first-order valence-corrected chi connectivity index (χ1v) is 9.07. The van der Waals surface area contributed by atoms with Crippen molar-refractivity contribution in [3.05, 3.63) is 71.0 Å². The zero-order valence-corrected chi connectivity index (χ0v) is 15.3. The number of nitrogens with zero attached hydrogens (tertiary/aromatic N) is 1. The summed E-state index contributed by atoms with van der Waals surface area (Å²) in [5.74, 6) is 0.330. The number of hydrogen-bond acceptors (Lipinski definition) is 4. The van der Waals surface area contributed by atoms with E-state index in [2.05, 4.69) is 10.3 Å². The van der Waals surface area contributed by atoms with Crippen molar-refractivity contribution in [1.82, 2.24) is 10.3 Å². The van der Waals surface area contributed by atoms with Crippen molar-refractivity contribution in [2.75, 3.05) is 7.11 Å². The van der Waals surface area contributed by atoms with Crippen LogP contribution in [0.2, 0.25) is 0 Å². The molecule has 1 atom stereocenters. The zero-order valence-electron chi connectivity index (χ0n) is 14.5. The molecule has 0 radical (unpaired) electrons. The number of thiazole rings is 1. The molecule has 4 nitrogen and oxygen atoms in total. The van der Waals surface area contributed by atoms with E-state index in [0.717, 1.165) is 21.9 Å². The number of rotatable bonds is 6. The first kappa shape index (κ1) is 18.1. The van der Waals surface area contributed by atoms with E-state index in [-0.39, 0.29) is 24.2 Å². The molecule has 0 spiro atoms. The molecule has 0 aliphatic heterocycles. The number of halogens is 1. The Balaban J connectivity index is 1.62. The van der Waals surface area contributed by atoms with E-state index in [9.17, 15) is 9.18 Å². The molecule has 134 valence electrons. The number of ether oxygens (including phenoxy) is 1. The lowest BCUT2D eigenvalue weighted by Crippen LogP contribution is -2.28. The highest BCUT2D eigenvalue weighted by Gasteiger charge is 2.13. The molecule has 3 rings (SSSR count). The molecule has 1 aromatic heterocycles. The van der Waals surface area contributed by atoms with Crippen LogP contribution in [0.15, 0.2) is 53.9 Å². The summed E-state index contributed by atoms with van der Waals surface area (Å²) in [5.41, 5.74) is 2.43. The molecular formula is C20H19FN2O2S. The topological polar surface area (TPSA) is 51.2 Å². The maximum atomic E-state index is 13.3. The maximum Gasteiger partial charge on any atom is 0.226 e. The molecule has 1 heterocycles. The van der Waals surface area contributed by atoms with Gasteiger partial charge in [0.05, 0.1) is 25.3 Å². The van der Waals surface area contributed by atoms with Crippen LogP contribution in [0.5, 0.6) is 5.75 Å². The minimum atomic E-state index is -0.313. The van der Waals surface area contributed by atoms with E-state index in [1.165, 1.54) is 23.5 Å². The fourth-order valence-electron chi connectivity index (χ4n) is 2.57. The van der Waals surface area contributed by atoms with Crippen LogP contribution in [-0.2, 0) is 11.2 Å². The Hall–Kier alpha value is -2.73. The molecule has 0 aliphatic rings. The highest BCUT2D eigenvalue weighted by Crippen LogP contribution is 2.26. The van der Waals surface area contributed by atoms with Gasteiger partial charge < -0.3 is 10.1 Å². The molecule has 26 heavy (non-hydrogen) atoms. The Kier molecular flexibility index (Phi) is 5.63. The first-order valence-electron chi connectivity index (χ1n) is 8.19. The first-order chi connectivity index (χ1) is 12.5. The van der Waals surface area contributed by atoms with Crippen LogP contribution in [0.1, 0.15) is 24.2 Å². The van der Waals surface area contributed by atoms with Gasteiger partial charge in [-0.1, -0.05) is 12.1 Å². The second kappa shape index (κ2) is 8.10. The van der Waals surface area contributed by atoms with E-state index in [1.54, 1.807) is 19.2 Å². The van der Waals surface area contributed by atoms with E-state index < -0.39 is 0 Å². The summed E-state index contributed by atoms with van der Waals surface area (Å²) in [7, 11) is 1.62. The monoisotopic (exact) mass is 370 g/mol. The van der Waals surface area contributed by atoms with Crippen molar-refractivity contribution in [2.45, 2.75) is 19.4 Å². The summed E-state index contributed by atoms with van der Waals surface area (Å²) >= 11 is 1.49. The van der Waals surface area contributed by atoms with Crippen molar-refractivity contribution in [3.8, 4) is 16.3 Å². The smallest absolute Gasteiger partial charge is 0.226 e. The molecule has 2 aromatic carbocycles. The van der Waals surface area contributed by atoms with Crippen LogP contribution in [0.3, 0.4) is 0 Å². The van der Waals surface area contributed by atoms with Gasteiger partial charge in [0.15, 0.2) is 0 Å². The molecular weight excluding hydrogens is 351 g/mol. The fraction of sp³-hybridized carbons (Fsp3) is 0.200. The van der Waals surface area contributed by atoms with Gasteiger partial charge in [0.1, 0.15) is 16.6 Å². The number of benzene rings is 2. The van der Waals surface area contributed by atoms with E-state index in [1.807, 2.05) is 36.6 Å². The van der Waals surface area contributed by atoms with Crippen molar-refractivity contribution in [2.24, 2.45) is 0 Å². The van der Waals surface area contributed by atoms with Crippen molar-refractivity contribution >= 4 is 17.2 Å². The fourth-order valence-corrected chi connectivity index (χ4v) is 3.40. The maximum absolute atomic E-state index is 13.3. The Labute approximate surface area is 155 Å².